The molecule has 5 heteroatoms. The highest BCUT2D eigenvalue weighted by Crippen LogP contribution is 2.13. The van der Waals surface area contributed by atoms with Crippen LogP contribution in [0.1, 0.15) is 19.3 Å². The van der Waals surface area contributed by atoms with Gasteiger partial charge in [-0.3, -0.25) is 4.90 Å². The Morgan fingerprint density at radius 3 is 3.12 bits per heavy atom. The Kier molecular flexibility index (Phi) is 4.01. The molecule has 0 saturated carbocycles. The fourth-order valence-corrected chi connectivity index (χ4v) is 2.57. The standard InChI is InChI=1S/C11H21N3O2/c1-16-11(15)13-10-4-6-14(8-10)7-9-3-2-5-12-9/h9-10,12H,2-8H2,1H3,(H,13,15). The van der Waals surface area contributed by atoms with E-state index >= 15 is 0 Å². The molecule has 0 aromatic rings. The zero-order chi connectivity index (χ0) is 11.4. The maximum absolute atomic E-state index is 11.1. The van der Waals surface area contributed by atoms with Crippen LogP contribution in [-0.2, 0) is 4.74 Å². The highest BCUT2D eigenvalue weighted by molar-refractivity contribution is 5.67. The van der Waals surface area contributed by atoms with E-state index in [1.54, 1.807) is 0 Å². The molecule has 92 valence electrons. The molecule has 5 nitrogen and oxygen atoms in total. The summed E-state index contributed by atoms with van der Waals surface area (Å²) in [5.74, 6) is 0. The molecule has 16 heavy (non-hydrogen) atoms. The minimum Gasteiger partial charge on any atom is -0.453 e. The van der Waals surface area contributed by atoms with Gasteiger partial charge >= 0.3 is 6.09 Å². The fraction of sp³-hybridized carbons (Fsp3) is 0.909. The van der Waals surface area contributed by atoms with Crippen molar-refractivity contribution >= 4 is 6.09 Å². The molecule has 0 spiro atoms. The second-order valence-electron chi connectivity index (χ2n) is 4.67. The van der Waals surface area contributed by atoms with Gasteiger partial charge < -0.3 is 15.4 Å². The summed E-state index contributed by atoms with van der Waals surface area (Å²) in [6, 6.07) is 0.908. The highest BCUT2D eigenvalue weighted by Gasteiger charge is 2.26. The van der Waals surface area contributed by atoms with E-state index in [4.69, 9.17) is 0 Å². The smallest absolute Gasteiger partial charge is 0.407 e. The molecule has 0 bridgehead atoms. The Morgan fingerprint density at radius 2 is 2.44 bits per heavy atom. The van der Waals surface area contributed by atoms with Crippen LogP contribution in [-0.4, -0.2) is 56.4 Å². The number of carbonyl (C=O) groups is 1. The van der Waals surface area contributed by atoms with Crippen molar-refractivity contribution in [1.82, 2.24) is 15.5 Å². The van der Waals surface area contributed by atoms with E-state index in [0.29, 0.717) is 6.04 Å². The molecular formula is C11H21N3O2. The fourth-order valence-electron chi connectivity index (χ4n) is 2.57. The largest absolute Gasteiger partial charge is 0.453 e. The molecule has 2 atom stereocenters. The number of nitrogens with zero attached hydrogens (tertiary/aromatic N) is 1. The van der Waals surface area contributed by atoms with E-state index in [-0.39, 0.29) is 12.1 Å². The van der Waals surface area contributed by atoms with E-state index in [1.165, 1.54) is 20.0 Å². The SMILES string of the molecule is COC(=O)NC1CCN(CC2CCCN2)C1. The van der Waals surface area contributed by atoms with Crippen LogP contribution >= 0.6 is 0 Å². The third-order valence-corrected chi connectivity index (χ3v) is 3.42. The third kappa shape index (κ3) is 3.09. The van der Waals surface area contributed by atoms with Crippen LogP contribution in [0.25, 0.3) is 0 Å². The lowest BCUT2D eigenvalue weighted by Crippen LogP contribution is -2.40. The average Bonchev–Trinajstić information content (AvgIpc) is 2.91. The van der Waals surface area contributed by atoms with Gasteiger partial charge in [-0.2, -0.15) is 0 Å². The second kappa shape index (κ2) is 5.50. The lowest BCUT2D eigenvalue weighted by Gasteiger charge is -2.20. The van der Waals surface area contributed by atoms with Crippen molar-refractivity contribution in [3.8, 4) is 0 Å². The monoisotopic (exact) mass is 227 g/mol. The van der Waals surface area contributed by atoms with Gasteiger partial charge in [0.2, 0.25) is 0 Å². The lowest BCUT2D eigenvalue weighted by molar-refractivity contribution is 0.166. The van der Waals surface area contributed by atoms with Crippen LogP contribution in [0.3, 0.4) is 0 Å². The summed E-state index contributed by atoms with van der Waals surface area (Å²) in [7, 11) is 1.41. The van der Waals surface area contributed by atoms with Crippen molar-refractivity contribution in [2.24, 2.45) is 0 Å². The summed E-state index contributed by atoms with van der Waals surface area (Å²) in [4.78, 5) is 13.5. The number of carbonyl (C=O) groups excluding carboxylic acids is 1. The molecule has 2 aliphatic heterocycles. The molecule has 2 unspecified atom stereocenters. The highest BCUT2D eigenvalue weighted by atomic mass is 16.5. The van der Waals surface area contributed by atoms with Crippen LogP contribution in [0.2, 0.25) is 0 Å². The van der Waals surface area contributed by atoms with Crippen molar-refractivity contribution in [1.29, 1.82) is 0 Å². The summed E-state index contributed by atoms with van der Waals surface area (Å²) in [5, 5.41) is 6.36. The Balaban J connectivity index is 1.68. The minimum atomic E-state index is -0.314. The molecule has 0 radical (unpaired) electrons. The van der Waals surface area contributed by atoms with Crippen molar-refractivity contribution < 1.29 is 9.53 Å². The van der Waals surface area contributed by atoms with Crippen LogP contribution in [0.4, 0.5) is 4.79 Å². The zero-order valence-electron chi connectivity index (χ0n) is 9.87. The first-order chi connectivity index (χ1) is 7.78. The van der Waals surface area contributed by atoms with Gasteiger partial charge in [-0.1, -0.05) is 0 Å². The van der Waals surface area contributed by atoms with Gasteiger partial charge in [0.15, 0.2) is 0 Å². The van der Waals surface area contributed by atoms with Gasteiger partial charge in [0, 0.05) is 31.7 Å². The van der Waals surface area contributed by atoms with Crippen molar-refractivity contribution in [2.45, 2.75) is 31.3 Å². The molecule has 1 amide bonds. The molecule has 0 aromatic heterocycles. The van der Waals surface area contributed by atoms with E-state index in [2.05, 4.69) is 20.3 Å². The third-order valence-electron chi connectivity index (χ3n) is 3.42. The minimum absolute atomic E-state index is 0.258. The Hall–Kier alpha value is -0.810. The van der Waals surface area contributed by atoms with Crippen LogP contribution in [0, 0.1) is 0 Å². The summed E-state index contributed by atoms with van der Waals surface area (Å²) in [6.45, 7) is 4.29. The van der Waals surface area contributed by atoms with Gasteiger partial charge in [0.1, 0.15) is 0 Å². The van der Waals surface area contributed by atoms with E-state index in [1.807, 2.05) is 0 Å². The van der Waals surface area contributed by atoms with Crippen molar-refractivity contribution in [3.63, 3.8) is 0 Å². The molecule has 0 aliphatic carbocycles. The predicted octanol–water partition coefficient (Wildman–Crippen LogP) is 0.169. The van der Waals surface area contributed by atoms with Gasteiger partial charge in [-0.05, 0) is 25.8 Å². The number of ether oxygens (including phenoxy) is 1. The van der Waals surface area contributed by atoms with Gasteiger partial charge in [0.05, 0.1) is 7.11 Å². The number of likely N-dealkylation sites (tertiary alicyclic amines) is 1. The molecule has 2 heterocycles. The molecule has 2 saturated heterocycles. The maximum Gasteiger partial charge on any atom is 0.407 e. The number of amides is 1. The first-order valence-corrected chi connectivity index (χ1v) is 6.08. The van der Waals surface area contributed by atoms with Gasteiger partial charge in [0.25, 0.3) is 0 Å². The van der Waals surface area contributed by atoms with Gasteiger partial charge in [-0.25, -0.2) is 4.79 Å². The summed E-state index contributed by atoms with van der Waals surface area (Å²) < 4.78 is 4.60. The average molecular weight is 227 g/mol. The molecule has 2 rings (SSSR count). The van der Waals surface area contributed by atoms with E-state index < -0.39 is 0 Å². The zero-order valence-corrected chi connectivity index (χ0v) is 9.87. The first kappa shape index (κ1) is 11.7. The second-order valence-corrected chi connectivity index (χ2v) is 4.67. The van der Waals surface area contributed by atoms with Crippen molar-refractivity contribution in [3.05, 3.63) is 0 Å². The first-order valence-electron chi connectivity index (χ1n) is 6.08. The predicted molar refractivity (Wildman–Crippen MR) is 61.4 cm³/mol. The Morgan fingerprint density at radius 1 is 1.56 bits per heavy atom. The summed E-state index contributed by atoms with van der Waals surface area (Å²) >= 11 is 0. The Labute approximate surface area is 96.5 Å². The van der Waals surface area contributed by atoms with Crippen LogP contribution in [0.5, 0.6) is 0 Å². The molecular weight excluding hydrogens is 206 g/mol. The maximum atomic E-state index is 11.1. The Bertz CT molecular complexity index is 241. The molecule has 2 N–H and O–H groups in total. The molecule has 2 fully saturated rings. The topological polar surface area (TPSA) is 53.6 Å². The molecule has 0 aromatic carbocycles. The summed E-state index contributed by atoms with van der Waals surface area (Å²) in [5.41, 5.74) is 0. The number of hydrogen-bond acceptors (Lipinski definition) is 4. The quantitative estimate of drug-likeness (QED) is 0.721. The summed E-state index contributed by atoms with van der Waals surface area (Å²) in [6.07, 6.45) is 3.29. The lowest BCUT2D eigenvalue weighted by atomic mass is 10.2. The number of methoxy groups -OCH3 is 1. The number of alkyl carbamates (subject to hydrolysis) is 1. The van der Waals surface area contributed by atoms with Crippen molar-refractivity contribution in [2.75, 3.05) is 33.3 Å². The van der Waals surface area contributed by atoms with E-state index in [9.17, 15) is 4.79 Å². The van der Waals surface area contributed by atoms with Crippen LogP contribution < -0.4 is 10.6 Å². The van der Waals surface area contributed by atoms with Crippen LogP contribution in [0.15, 0.2) is 0 Å². The number of rotatable bonds is 3. The molecule has 2 aliphatic rings. The van der Waals surface area contributed by atoms with Gasteiger partial charge in [-0.15, -0.1) is 0 Å². The number of nitrogens with one attached hydrogen (secondary N) is 2. The van der Waals surface area contributed by atoms with E-state index in [0.717, 1.165) is 32.6 Å². The number of hydrogen-bond donors (Lipinski definition) is 2. The normalized spacial score (nSPS) is 30.6.